The zero-order chi connectivity index (χ0) is 21.6. The van der Waals surface area contributed by atoms with Gasteiger partial charge in [-0.05, 0) is 42.7 Å². The number of sulfone groups is 1. The van der Waals surface area contributed by atoms with E-state index in [1.54, 1.807) is 38.3 Å². The lowest BCUT2D eigenvalue weighted by Crippen LogP contribution is -2.25. The summed E-state index contributed by atoms with van der Waals surface area (Å²) in [7, 11) is -1.94. The fourth-order valence-electron chi connectivity index (χ4n) is 3.26. The topological polar surface area (TPSA) is 90.9 Å². The molecule has 1 fully saturated rings. The maximum Gasteiger partial charge on any atom is 0.252 e. The molecule has 8 heteroatoms. The molecule has 3 rings (SSSR count). The molecule has 0 bridgehead atoms. The molecule has 1 saturated heterocycles. The normalized spacial score (nSPS) is 16.3. The molecule has 1 aliphatic heterocycles. The molecule has 1 N–H and O–H groups in total. The van der Waals surface area contributed by atoms with E-state index in [1.165, 1.54) is 12.1 Å². The van der Waals surface area contributed by atoms with Gasteiger partial charge in [-0.3, -0.25) is 4.79 Å². The number of carbonyl (C=O) groups is 1. The summed E-state index contributed by atoms with van der Waals surface area (Å²) in [4.78, 5) is 12.7. The van der Waals surface area contributed by atoms with Crippen LogP contribution < -0.4 is 14.8 Å². The van der Waals surface area contributed by atoms with E-state index < -0.39 is 15.7 Å². The van der Waals surface area contributed by atoms with Gasteiger partial charge in [0, 0.05) is 13.2 Å². The van der Waals surface area contributed by atoms with Gasteiger partial charge in [0.05, 0.1) is 29.4 Å². The predicted octanol–water partition coefficient (Wildman–Crippen LogP) is 2.98. The van der Waals surface area contributed by atoms with Crippen LogP contribution in [0.3, 0.4) is 0 Å². The van der Waals surface area contributed by atoms with Crippen LogP contribution in [0.5, 0.6) is 11.5 Å². The van der Waals surface area contributed by atoms with Crippen molar-refractivity contribution >= 4 is 15.7 Å². The van der Waals surface area contributed by atoms with Crippen molar-refractivity contribution in [1.82, 2.24) is 5.32 Å². The summed E-state index contributed by atoms with van der Waals surface area (Å²) in [6, 6.07) is 11.6. The van der Waals surface area contributed by atoms with Gasteiger partial charge < -0.3 is 19.5 Å². The van der Waals surface area contributed by atoms with E-state index >= 15 is 0 Å². The Balaban J connectivity index is 1.66. The van der Waals surface area contributed by atoms with Crippen LogP contribution in [0.1, 0.15) is 35.7 Å². The zero-order valence-electron chi connectivity index (χ0n) is 17.2. The summed E-state index contributed by atoms with van der Waals surface area (Å²) in [6.45, 7) is 3.02. The minimum absolute atomic E-state index is 0.0421. The molecule has 0 spiro atoms. The smallest absolute Gasteiger partial charge is 0.252 e. The molecule has 1 aliphatic rings. The maximum absolute atomic E-state index is 12.6. The van der Waals surface area contributed by atoms with Crippen LogP contribution in [0.4, 0.5) is 0 Å². The summed E-state index contributed by atoms with van der Waals surface area (Å²) in [6.07, 6.45) is 2.14. The largest absolute Gasteiger partial charge is 0.493 e. The Kier molecular flexibility index (Phi) is 7.33. The SMILES string of the molecule is CCS(=O)(=O)c1ccccc1C(=O)NCc1ccc(OCC2CCCO2)c(OC)c1. The van der Waals surface area contributed by atoms with Gasteiger partial charge in [0.15, 0.2) is 21.3 Å². The number of hydrogen-bond donors (Lipinski definition) is 1. The molecular formula is C22H27NO6S. The lowest BCUT2D eigenvalue weighted by molar-refractivity contribution is 0.0669. The summed E-state index contributed by atoms with van der Waals surface area (Å²) in [5, 5.41) is 2.78. The Bertz CT molecular complexity index is 983. The number of hydrogen-bond acceptors (Lipinski definition) is 6. The van der Waals surface area contributed by atoms with Gasteiger partial charge in [0.25, 0.3) is 5.91 Å². The standard InChI is InChI=1S/C22H27NO6S/c1-3-30(25,26)21-9-5-4-8-18(21)22(24)23-14-16-10-11-19(20(13-16)27-2)29-15-17-7-6-12-28-17/h4-5,8-11,13,17H,3,6-7,12,14-15H2,1-2H3,(H,23,24). The van der Waals surface area contributed by atoms with Crippen molar-refractivity contribution in [3.8, 4) is 11.5 Å². The Morgan fingerprint density at radius 2 is 2.00 bits per heavy atom. The number of benzene rings is 2. The second-order valence-corrected chi connectivity index (χ2v) is 9.26. The first-order valence-corrected chi connectivity index (χ1v) is 11.6. The average Bonchev–Trinajstić information content (AvgIpc) is 3.30. The fraction of sp³-hybridized carbons (Fsp3) is 0.409. The van der Waals surface area contributed by atoms with E-state index in [0.717, 1.165) is 25.0 Å². The summed E-state index contributed by atoms with van der Waals surface area (Å²) >= 11 is 0. The van der Waals surface area contributed by atoms with Crippen molar-refractivity contribution < 1.29 is 27.4 Å². The lowest BCUT2D eigenvalue weighted by atomic mass is 10.1. The molecule has 30 heavy (non-hydrogen) atoms. The third-order valence-corrected chi connectivity index (χ3v) is 6.76. The minimum atomic E-state index is -3.49. The van der Waals surface area contributed by atoms with Crippen LogP contribution in [0, 0.1) is 0 Å². The van der Waals surface area contributed by atoms with E-state index in [2.05, 4.69) is 5.32 Å². The first-order chi connectivity index (χ1) is 14.4. The molecule has 1 heterocycles. The monoisotopic (exact) mass is 433 g/mol. The molecular weight excluding hydrogens is 406 g/mol. The first kappa shape index (κ1) is 22.1. The second kappa shape index (κ2) is 9.95. The van der Waals surface area contributed by atoms with Gasteiger partial charge in [-0.25, -0.2) is 8.42 Å². The average molecular weight is 434 g/mol. The minimum Gasteiger partial charge on any atom is -0.493 e. The third-order valence-electron chi connectivity index (χ3n) is 4.98. The molecule has 2 aromatic carbocycles. The summed E-state index contributed by atoms with van der Waals surface area (Å²) < 4.78 is 41.3. The molecule has 162 valence electrons. The van der Waals surface area contributed by atoms with E-state index in [0.29, 0.717) is 18.1 Å². The summed E-state index contributed by atoms with van der Waals surface area (Å²) in [5.41, 5.74) is 0.948. The van der Waals surface area contributed by atoms with Gasteiger partial charge in [-0.1, -0.05) is 25.1 Å². The fourth-order valence-corrected chi connectivity index (χ4v) is 4.35. The summed E-state index contributed by atoms with van der Waals surface area (Å²) in [5.74, 6) is 0.665. The molecule has 1 unspecified atom stereocenters. The predicted molar refractivity (Wildman–Crippen MR) is 113 cm³/mol. The molecule has 7 nitrogen and oxygen atoms in total. The number of methoxy groups -OCH3 is 1. The highest BCUT2D eigenvalue weighted by atomic mass is 32.2. The van der Waals surface area contributed by atoms with Crippen molar-refractivity contribution in [2.45, 2.75) is 37.3 Å². The van der Waals surface area contributed by atoms with Crippen LogP contribution >= 0.6 is 0 Å². The lowest BCUT2D eigenvalue weighted by Gasteiger charge is -2.15. The molecule has 1 atom stereocenters. The van der Waals surface area contributed by atoms with Crippen LogP contribution in [-0.2, 0) is 21.1 Å². The molecule has 1 amide bonds. The number of rotatable bonds is 9. The Morgan fingerprint density at radius 3 is 2.70 bits per heavy atom. The van der Waals surface area contributed by atoms with E-state index in [4.69, 9.17) is 14.2 Å². The zero-order valence-corrected chi connectivity index (χ0v) is 18.0. The van der Waals surface area contributed by atoms with E-state index in [-0.39, 0.29) is 28.9 Å². The third kappa shape index (κ3) is 5.31. The van der Waals surface area contributed by atoms with Crippen LogP contribution in [0.15, 0.2) is 47.4 Å². The Hall–Kier alpha value is -2.58. The Labute approximate surface area is 177 Å². The number of nitrogens with one attached hydrogen (secondary N) is 1. The highest BCUT2D eigenvalue weighted by molar-refractivity contribution is 7.91. The number of carbonyl (C=O) groups excluding carboxylic acids is 1. The van der Waals surface area contributed by atoms with Crippen molar-refractivity contribution in [3.05, 3.63) is 53.6 Å². The van der Waals surface area contributed by atoms with Crippen molar-refractivity contribution in [2.24, 2.45) is 0 Å². The van der Waals surface area contributed by atoms with Crippen molar-refractivity contribution in [2.75, 3.05) is 26.1 Å². The van der Waals surface area contributed by atoms with Crippen LogP contribution in [0.2, 0.25) is 0 Å². The van der Waals surface area contributed by atoms with Gasteiger partial charge in [0.1, 0.15) is 6.61 Å². The first-order valence-electron chi connectivity index (χ1n) is 9.96. The second-order valence-electron chi connectivity index (χ2n) is 7.01. The molecule has 0 saturated carbocycles. The maximum atomic E-state index is 12.6. The van der Waals surface area contributed by atoms with Gasteiger partial charge in [-0.15, -0.1) is 0 Å². The highest BCUT2D eigenvalue weighted by Gasteiger charge is 2.21. The van der Waals surface area contributed by atoms with Crippen molar-refractivity contribution in [1.29, 1.82) is 0 Å². The molecule has 0 aromatic heterocycles. The van der Waals surface area contributed by atoms with E-state index in [1.807, 2.05) is 6.07 Å². The van der Waals surface area contributed by atoms with Crippen LogP contribution in [-0.4, -0.2) is 46.5 Å². The number of ether oxygens (including phenoxy) is 3. The molecule has 0 aliphatic carbocycles. The Morgan fingerprint density at radius 1 is 1.20 bits per heavy atom. The molecule has 0 radical (unpaired) electrons. The molecule has 2 aromatic rings. The van der Waals surface area contributed by atoms with Gasteiger partial charge >= 0.3 is 0 Å². The highest BCUT2D eigenvalue weighted by Crippen LogP contribution is 2.29. The van der Waals surface area contributed by atoms with Crippen molar-refractivity contribution in [3.63, 3.8) is 0 Å². The van der Waals surface area contributed by atoms with Gasteiger partial charge in [-0.2, -0.15) is 0 Å². The van der Waals surface area contributed by atoms with Gasteiger partial charge in [0.2, 0.25) is 0 Å². The number of amides is 1. The van der Waals surface area contributed by atoms with E-state index in [9.17, 15) is 13.2 Å². The van der Waals surface area contributed by atoms with Crippen LogP contribution in [0.25, 0.3) is 0 Å². The quantitative estimate of drug-likeness (QED) is 0.654.